The molecule has 4 aromatic rings. The van der Waals surface area contributed by atoms with Gasteiger partial charge >= 0.3 is 0 Å². The molecule has 114 valence electrons. The highest BCUT2D eigenvalue weighted by atomic mass is 16.3. The SMILES string of the molecule is Cc1cc(C)n(-c2cnn3c([O-])nc(-c4ccccc4)nc23)n1. The molecule has 0 N–H and O–H groups in total. The molecule has 0 aliphatic rings. The predicted molar refractivity (Wildman–Crippen MR) is 82.3 cm³/mol. The zero-order chi connectivity index (χ0) is 16.0. The summed E-state index contributed by atoms with van der Waals surface area (Å²) >= 11 is 0. The zero-order valence-electron chi connectivity index (χ0n) is 12.6. The highest BCUT2D eigenvalue weighted by Gasteiger charge is 2.14. The van der Waals surface area contributed by atoms with Gasteiger partial charge in [-0.2, -0.15) is 10.2 Å². The van der Waals surface area contributed by atoms with Crippen LogP contribution in [0.3, 0.4) is 0 Å². The number of aryl methyl sites for hydroxylation is 2. The van der Waals surface area contributed by atoms with Crippen molar-refractivity contribution in [3.8, 4) is 23.1 Å². The van der Waals surface area contributed by atoms with Crippen LogP contribution in [0.2, 0.25) is 0 Å². The van der Waals surface area contributed by atoms with Gasteiger partial charge in [-0.15, -0.1) is 0 Å². The smallest absolute Gasteiger partial charge is 0.184 e. The van der Waals surface area contributed by atoms with Crippen LogP contribution in [-0.4, -0.2) is 29.4 Å². The van der Waals surface area contributed by atoms with Gasteiger partial charge in [-0.3, -0.25) is 0 Å². The Hall–Kier alpha value is -3.22. The van der Waals surface area contributed by atoms with Gasteiger partial charge < -0.3 is 5.11 Å². The summed E-state index contributed by atoms with van der Waals surface area (Å²) in [6.07, 6.45) is 1.58. The molecule has 7 heteroatoms. The lowest BCUT2D eigenvalue weighted by Gasteiger charge is -2.10. The molecule has 0 unspecified atom stereocenters. The summed E-state index contributed by atoms with van der Waals surface area (Å²) in [4.78, 5) is 8.53. The average molecular weight is 305 g/mol. The standard InChI is InChI=1S/C16H14N6O/c1-10-8-11(2)21(20-10)13-9-17-22-15(13)18-14(19-16(22)23)12-6-4-3-5-7-12/h3-9H,1-2H3,(H,18,19,23)/p-1. The maximum Gasteiger partial charge on any atom is 0.184 e. The minimum Gasteiger partial charge on any atom is -0.844 e. The van der Waals surface area contributed by atoms with Crippen molar-refractivity contribution in [3.63, 3.8) is 0 Å². The first kappa shape index (κ1) is 13.4. The van der Waals surface area contributed by atoms with Crippen LogP contribution in [-0.2, 0) is 0 Å². The monoisotopic (exact) mass is 305 g/mol. The van der Waals surface area contributed by atoms with E-state index in [1.54, 1.807) is 10.9 Å². The number of aromatic nitrogens is 6. The molecule has 0 saturated carbocycles. The molecule has 0 bridgehead atoms. The van der Waals surface area contributed by atoms with Crippen LogP contribution < -0.4 is 5.11 Å². The molecule has 0 aliphatic carbocycles. The number of nitrogens with zero attached hydrogens (tertiary/aromatic N) is 6. The molecule has 1 aromatic carbocycles. The summed E-state index contributed by atoms with van der Waals surface area (Å²) in [5.41, 5.74) is 3.72. The van der Waals surface area contributed by atoms with Gasteiger partial charge in [0.05, 0.1) is 17.9 Å². The van der Waals surface area contributed by atoms with Gasteiger partial charge in [0.2, 0.25) is 0 Å². The second-order valence-electron chi connectivity index (χ2n) is 5.30. The Kier molecular flexibility index (Phi) is 2.87. The first-order chi connectivity index (χ1) is 11.1. The second kappa shape index (κ2) is 4.91. The van der Waals surface area contributed by atoms with E-state index in [4.69, 9.17) is 0 Å². The Balaban J connectivity index is 1.98. The summed E-state index contributed by atoms with van der Waals surface area (Å²) in [5, 5.41) is 20.8. The van der Waals surface area contributed by atoms with Crippen LogP contribution in [0.15, 0.2) is 42.6 Å². The summed E-state index contributed by atoms with van der Waals surface area (Å²) in [6.45, 7) is 3.86. The molecule has 0 amide bonds. The van der Waals surface area contributed by atoms with E-state index in [0.717, 1.165) is 17.0 Å². The van der Waals surface area contributed by atoms with Gasteiger partial charge in [0, 0.05) is 11.3 Å². The van der Waals surface area contributed by atoms with E-state index < -0.39 is 6.01 Å². The molecule has 4 rings (SSSR count). The Morgan fingerprint density at radius 3 is 2.52 bits per heavy atom. The Bertz CT molecular complexity index is 1000. The van der Waals surface area contributed by atoms with Crippen molar-refractivity contribution in [1.82, 2.24) is 29.4 Å². The van der Waals surface area contributed by atoms with E-state index in [9.17, 15) is 5.11 Å². The summed E-state index contributed by atoms with van der Waals surface area (Å²) in [6, 6.07) is 10.9. The number of hydrogen-bond donors (Lipinski definition) is 0. The summed E-state index contributed by atoms with van der Waals surface area (Å²) in [7, 11) is 0. The molecule has 3 aromatic heterocycles. The topological polar surface area (TPSA) is 84.0 Å². The molecule has 0 fully saturated rings. The van der Waals surface area contributed by atoms with E-state index in [-0.39, 0.29) is 0 Å². The number of benzene rings is 1. The highest BCUT2D eigenvalue weighted by molar-refractivity contribution is 5.64. The first-order valence-corrected chi connectivity index (χ1v) is 7.15. The van der Waals surface area contributed by atoms with Gasteiger partial charge in [0.25, 0.3) is 0 Å². The predicted octanol–water partition coefficient (Wildman–Crippen LogP) is 1.67. The Labute approximate surface area is 131 Å². The molecule has 23 heavy (non-hydrogen) atoms. The zero-order valence-corrected chi connectivity index (χ0v) is 12.6. The van der Waals surface area contributed by atoms with Crippen LogP contribution in [0, 0.1) is 13.8 Å². The van der Waals surface area contributed by atoms with Crippen molar-refractivity contribution >= 4 is 5.65 Å². The maximum atomic E-state index is 12.2. The third kappa shape index (κ3) is 2.13. The van der Waals surface area contributed by atoms with Crippen molar-refractivity contribution in [2.24, 2.45) is 0 Å². The fourth-order valence-corrected chi connectivity index (χ4v) is 2.58. The van der Waals surface area contributed by atoms with E-state index >= 15 is 0 Å². The van der Waals surface area contributed by atoms with Crippen molar-refractivity contribution in [2.45, 2.75) is 13.8 Å². The molecular formula is C16H13N6O-. The number of fused-ring (bicyclic) bond motifs is 1. The molecule has 3 heterocycles. The van der Waals surface area contributed by atoms with E-state index in [2.05, 4.69) is 20.2 Å². The first-order valence-electron chi connectivity index (χ1n) is 7.15. The van der Waals surface area contributed by atoms with Crippen LogP contribution >= 0.6 is 0 Å². The average Bonchev–Trinajstić information content (AvgIpc) is 3.11. The molecular weight excluding hydrogens is 292 g/mol. The number of hydrogen-bond acceptors (Lipinski definition) is 5. The Morgan fingerprint density at radius 2 is 1.83 bits per heavy atom. The summed E-state index contributed by atoms with van der Waals surface area (Å²) < 4.78 is 2.93. The second-order valence-corrected chi connectivity index (χ2v) is 5.30. The fourth-order valence-electron chi connectivity index (χ4n) is 2.58. The van der Waals surface area contributed by atoms with Crippen LogP contribution in [0.25, 0.3) is 22.7 Å². The minimum atomic E-state index is -0.457. The molecule has 0 atom stereocenters. The molecule has 0 radical (unpaired) electrons. The van der Waals surface area contributed by atoms with E-state index in [1.807, 2.05) is 50.2 Å². The van der Waals surface area contributed by atoms with Crippen LogP contribution in [0.4, 0.5) is 0 Å². The quantitative estimate of drug-likeness (QED) is 0.562. The van der Waals surface area contributed by atoms with Gasteiger partial charge in [0.15, 0.2) is 11.5 Å². The maximum absolute atomic E-state index is 12.2. The molecule has 0 saturated heterocycles. The van der Waals surface area contributed by atoms with Crippen LogP contribution in [0.5, 0.6) is 6.01 Å². The van der Waals surface area contributed by atoms with Gasteiger partial charge in [-0.25, -0.2) is 19.2 Å². The third-order valence-electron chi connectivity index (χ3n) is 3.59. The van der Waals surface area contributed by atoms with Crippen molar-refractivity contribution in [3.05, 3.63) is 54.0 Å². The Morgan fingerprint density at radius 1 is 1.04 bits per heavy atom. The minimum absolute atomic E-state index is 0.381. The van der Waals surface area contributed by atoms with Crippen LogP contribution in [0.1, 0.15) is 11.4 Å². The fraction of sp³-hybridized carbons (Fsp3) is 0.125. The lowest BCUT2D eigenvalue weighted by Crippen LogP contribution is -2.08. The van der Waals surface area contributed by atoms with Gasteiger partial charge in [-0.1, -0.05) is 30.3 Å². The molecule has 0 aliphatic heterocycles. The highest BCUT2D eigenvalue weighted by Crippen LogP contribution is 2.22. The van der Waals surface area contributed by atoms with Crippen molar-refractivity contribution in [2.75, 3.05) is 0 Å². The third-order valence-corrected chi connectivity index (χ3v) is 3.59. The van der Waals surface area contributed by atoms with E-state index in [0.29, 0.717) is 17.2 Å². The largest absolute Gasteiger partial charge is 0.844 e. The normalized spacial score (nSPS) is 11.2. The van der Waals surface area contributed by atoms with Gasteiger partial charge in [0.1, 0.15) is 5.69 Å². The summed E-state index contributed by atoms with van der Waals surface area (Å²) in [5.74, 6) is 0.381. The molecule has 0 spiro atoms. The van der Waals surface area contributed by atoms with Crippen molar-refractivity contribution in [1.29, 1.82) is 0 Å². The van der Waals surface area contributed by atoms with E-state index in [1.165, 1.54) is 4.52 Å². The lowest BCUT2D eigenvalue weighted by molar-refractivity contribution is -0.284. The number of rotatable bonds is 2. The van der Waals surface area contributed by atoms with Gasteiger partial charge in [-0.05, 0) is 19.9 Å². The molecule has 7 nitrogen and oxygen atoms in total. The van der Waals surface area contributed by atoms with Crippen molar-refractivity contribution < 1.29 is 5.11 Å². The lowest BCUT2D eigenvalue weighted by atomic mass is 10.2.